The van der Waals surface area contributed by atoms with Gasteiger partial charge in [-0.2, -0.15) is 4.73 Å². The molecule has 0 spiro atoms. The van der Waals surface area contributed by atoms with Gasteiger partial charge in [0, 0.05) is 12.1 Å². The highest BCUT2D eigenvalue weighted by Gasteiger charge is 2.27. The summed E-state index contributed by atoms with van der Waals surface area (Å²) in [5.74, 6) is -2.28. The molecule has 0 fully saturated rings. The van der Waals surface area contributed by atoms with Crippen molar-refractivity contribution in [2.24, 2.45) is 5.92 Å². The van der Waals surface area contributed by atoms with Crippen LogP contribution in [0.25, 0.3) is 0 Å². The Labute approximate surface area is 134 Å². The summed E-state index contributed by atoms with van der Waals surface area (Å²) in [6.45, 7) is 3.06. The summed E-state index contributed by atoms with van der Waals surface area (Å²) in [5, 5.41) is 13.9. The van der Waals surface area contributed by atoms with E-state index in [-0.39, 0.29) is 11.6 Å². The second kappa shape index (κ2) is 8.72. The standard InChI is InChI=1S/C15H20N2O6/c1-4-10(2)13(15(20)22-3)16-12(18)9-23-14(19)11-7-5-6-8-17(11)21/h5-8,10,13H,4,9H2,1-3H3,(H,16,18)/t10-,13+/m0/s1. The quantitative estimate of drug-likeness (QED) is 0.435. The molecule has 0 bridgehead atoms. The smallest absolute Gasteiger partial charge is 0.405 e. The lowest BCUT2D eigenvalue weighted by Crippen LogP contribution is -2.47. The number of hydrogen-bond acceptors (Lipinski definition) is 6. The van der Waals surface area contributed by atoms with Crippen molar-refractivity contribution in [3.05, 3.63) is 35.3 Å². The van der Waals surface area contributed by atoms with Crippen LogP contribution in [0.4, 0.5) is 0 Å². The van der Waals surface area contributed by atoms with Gasteiger partial charge >= 0.3 is 17.6 Å². The van der Waals surface area contributed by atoms with Crippen LogP contribution in [0.1, 0.15) is 30.8 Å². The fourth-order valence-corrected chi connectivity index (χ4v) is 1.80. The average Bonchev–Trinajstić information content (AvgIpc) is 2.56. The van der Waals surface area contributed by atoms with Crippen LogP contribution in [0.15, 0.2) is 24.4 Å². The molecule has 0 unspecified atom stereocenters. The van der Waals surface area contributed by atoms with Crippen molar-refractivity contribution in [3.8, 4) is 0 Å². The minimum absolute atomic E-state index is 0.139. The Bertz CT molecular complexity index is 575. The van der Waals surface area contributed by atoms with E-state index in [0.29, 0.717) is 11.2 Å². The van der Waals surface area contributed by atoms with E-state index < -0.39 is 30.5 Å². The van der Waals surface area contributed by atoms with Crippen LogP contribution in [0.3, 0.4) is 0 Å². The van der Waals surface area contributed by atoms with Crippen LogP contribution in [0, 0.1) is 11.1 Å². The van der Waals surface area contributed by atoms with E-state index in [1.807, 2.05) is 6.92 Å². The highest BCUT2D eigenvalue weighted by atomic mass is 16.5. The lowest BCUT2D eigenvalue weighted by Gasteiger charge is -2.21. The first-order chi connectivity index (χ1) is 10.9. The predicted octanol–water partition coefficient (Wildman–Crippen LogP) is 0.181. The van der Waals surface area contributed by atoms with E-state index in [1.54, 1.807) is 6.92 Å². The van der Waals surface area contributed by atoms with Gasteiger partial charge in [0.25, 0.3) is 5.91 Å². The Morgan fingerprint density at radius 2 is 2.04 bits per heavy atom. The molecular formula is C15H20N2O6. The van der Waals surface area contributed by atoms with Gasteiger partial charge in [-0.05, 0) is 12.0 Å². The molecule has 1 heterocycles. The average molecular weight is 324 g/mol. The van der Waals surface area contributed by atoms with Gasteiger partial charge in [-0.15, -0.1) is 0 Å². The van der Waals surface area contributed by atoms with Crippen molar-refractivity contribution < 1.29 is 28.6 Å². The third kappa shape index (κ3) is 5.24. The maximum absolute atomic E-state index is 11.8. The first kappa shape index (κ1) is 18.4. The fraction of sp³-hybridized carbons (Fsp3) is 0.467. The minimum atomic E-state index is -0.922. The molecule has 0 aliphatic rings. The zero-order chi connectivity index (χ0) is 17.4. The SMILES string of the molecule is CC[C@H](C)[C@@H](NC(=O)COC(=O)c1cccc[n+]1[O-])C(=O)OC. The van der Waals surface area contributed by atoms with Crippen LogP contribution in [-0.4, -0.2) is 37.6 Å². The van der Waals surface area contributed by atoms with Crippen LogP contribution >= 0.6 is 0 Å². The Kier molecular flexibility index (Phi) is 6.98. The summed E-state index contributed by atoms with van der Waals surface area (Å²) in [6, 6.07) is 3.42. The van der Waals surface area contributed by atoms with Crippen molar-refractivity contribution in [2.75, 3.05) is 13.7 Å². The fourth-order valence-electron chi connectivity index (χ4n) is 1.80. The molecule has 1 rings (SSSR count). The molecular weight excluding hydrogens is 304 g/mol. The number of amides is 1. The number of methoxy groups -OCH3 is 1. The number of carbonyl (C=O) groups excluding carboxylic acids is 3. The van der Waals surface area contributed by atoms with Gasteiger partial charge in [0.1, 0.15) is 6.04 Å². The molecule has 0 saturated heterocycles. The van der Waals surface area contributed by atoms with Gasteiger partial charge in [0.2, 0.25) is 0 Å². The number of nitrogens with zero attached hydrogens (tertiary/aromatic N) is 1. The van der Waals surface area contributed by atoms with Gasteiger partial charge < -0.3 is 20.0 Å². The molecule has 1 N–H and O–H groups in total. The highest BCUT2D eigenvalue weighted by molar-refractivity contribution is 5.89. The lowest BCUT2D eigenvalue weighted by atomic mass is 9.99. The van der Waals surface area contributed by atoms with E-state index in [2.05, 4.69) is 10.1 Å². The van der Waals surface area contributed by atoms with Crippen molar-refractivity contribution in [2.45, 2.75) is 26.3 Å². The number of carbonyl (C=O) groups is 3. The zero-order valence-electron chi connectivity index (χ0n) is 13.3. The summed E-state index contributed by atoms with van der Waals surface area (Å²) in [4.78, 5) is 35.2. The Hall–Kier alpha value is -2.64. The first-order valence-electron chi connectivity index (χ1n) is 7.13. The molecule has 0 aromatic carbocycles. The molecule has 2 atom stereocenters. The summed E-state index contributed by atoms with van der Waals surface area (Å²) in [7, 11) is 1.23. The predicted molar refractivity (Wildman–Crippen MR) is 79.1 cm³/mol. The number of ether oxygens (including phenoxy) is 2. The Balaban J connectivity index is 2.60. The van der Waals surface area contributed by atoms with Crippen molar-refractivity contribution in [1.82, 2.24) is 5.32 Å². The summed E-state index contributed by atoms with van der Waals surface area (Å²) < 4.78 is 9.76. The number of aromatic nitrogens is 1. The van der Waals surface area contributed by atoms with E-state index >= 15 is 0 Å². The van der Waals surface area contributed by atoms with Crippen LogP contribution in [0.2, 0.25) is 0 Å². The number of esters is 2. The molecule has 1 amide bonds. The van der Waals surface area contributed by atoms with Crippen LogP contribution < -0.4 is 10.0 Å². The summed E-state index contributed by atoms with van der Waals surface area (Å²) in [6.07, 6.45) is 1.80. The second-order valence-corrected chi connectivity index (χ2v) is 4.94. The van der Waals surface area contributed by atoms with Crippen LogP contribution in [0.5, 0.6) is 0 Å². The summed E-state index contributed by atoms with van der Waals surface area (Å²) >= 11 is 0. The number of pyridine rings is 1. The molecule has 23 heavy (non-hydrogen) atoms. The van der Waals surface area contributed by atoms with Gasteiger partial charge in [0.05, 0.1) is 7.11 Å². The summed E-state index contributed by atoms with van der Waals surface area (Å²) in [5.41, 5.74) is -0.230. The lowest BCUT2D eigenvalue weighted by molar-refractivity contribution is -0.608. The Morgan fingerprint density at radius 3 is 2.61 bits per heavy atom. The van der Waals surface area contributed by atoms with Gasteiger partial charge in [0.15, 0.2) is 12.8 Å². The molecule has 8 heteroatoms. The topological polar surface area (TPSA) is 109 Å². The highest BCUT2D eigenvalue weighted by Crippen LogP contribution is 2.09. The number of hydrogen-bond donors (Lipinski definition) is 1. The third-order valence-electron chi connectivity index (χ3n) is 3.35. The molecule has 0 radical (unpaired) electrons. The Morgan fingerprint density at radius 1 is 1.35 bits per heavy atom. The molecule has 1 aromatic rings. The third-order valence-corrected chi connectivity index (χ3v) is 3.35. The van der Waals surface area contributed by atoms with E-state index in [0.717, 1.165) is 6.20 Å². The largest absolute Gasteiger partial charge is 0.618 e. The van der Waals surface area contributed by atoms with Gasteiger partial charge in [-0.3, -0.25) is 4.79 Å². The first-order valence-corrected chi connectivity index (χ1v) is 7.13. The van der Waals surface area contributed by atoms with Gasteiger partial charge in [-0.1, -0.05) is 20.3 Å². The van der Waals surface area contributed by atoms with Crippen molar-refractivity contribution in [3.63, 3.8) is 0 Å². The van der Waals surface area contributed by atoms with Crippen LogP contribution in [-0.2, 0) is 19.1 Å². The number of nitrogens with one attached hydrogen (secondary N) is 1. The van der Waals surface area contributed by atoms with Crippen molar-refractivity contribution >= 4 is 17.8 Å². The normalized spacial score (nSPS) is 12.8. The molecule has 0 saturated carbocycles. The van der Waals surface area contributed by atoms with E-state index in [4.69, 9.17) is 4.74 Å². The number of rotatable bonds is 7. The van der Waals surface area contributed by atoms with Crippen molar-refractivity contribution in [1.29, 1.82) is 0 Å². The molecule has 1 aromatic heterocycles. The molecule has 0 aliphatic heterocycles. The monoisotopic (exact) mass is 324 g/mol. The minimum Gasteiger partial charge on any atom is -0.618 e. The van der Waals surface area contributed by atoms with E-state index in [9.17, 15) is 19.6 Å². The molecule has 8 nitrogen and oxygen atoms in total. The second-order valence-electron chi connectivity index (χ2n) is 4.94. The maximum Gasteiger partial charge on any atom is 0.405 e. The zero-order valence-corrected chi connectivity index (χ0v) is 13.3. The van der Waals surface area contributed by atoms with E-state index in [1.165, 1.54) is 25.3 Å². The van der Waals surface area contributed by atoms with Gasteiger partial charge in [-0.25, -0.2) is 9.59 Å². The molecule has 0 aliphatic carbocycles. The molecule has 126 valence electrons. The maximum atomic E-state index is 11.8.